The van der Waals surface area contributed by atoms with Crippen LogP contribution in [0, 0.1) is 11.6 Å². The molecule has 6 heteroatoms. The van der Waals surface area contributed by atoms with Crippen LogP contribution in [0.2, 0.25) is 0 Å². The molecule has 2 N–H and O–H groups in total. The number of nitrogens with zero attached hydrogens (tertiary/aromatic N) is 1. The number of benzene rings is 1. The third kappa shape index (κ3) is 2.69. The van der Waals surface area contributed by atoms with E-state index in [1.165, 1.54) is 43.5 Å². The topological polar surface area (TPSA) is 31.1 Å². The molecule has 19 heavy (non-hydrogen) atoms. The van der Waals surface area contributed by atoms with E-state index in [2.05, 4.69) is 14.0 Å². The summed E-state index contributed by atoms with van der Waals surface area (Å²) in [7, 11) is 0. The molecular formula is C13H15F2N3S. The minimum Gasteiger partial charge on any atom is -0.359 e. The molecule has 2 heterocycles. The first kappa shape index (κ1) is 12.7. The summed E-state index contributed by atoms with van der Waals surface area (Å²) >= 11 is 1.53. The van der Waals surface area contributed by atoms with Crippen LogP contribution in [0.4, 0.5) is 14.5 Å². The molecule has 1 saturated heterocycles. The molecule has 1 aromatic heterocycles. The van der Waals surface area contributed by atoms with E-state index in [9.17, 15) is 8.78 Å². The molecule has 1 aliphatic rings. The number of H-pyrrole nitrogens is 1. The van der Waals surface area contributed by atoms with Crippen LogP contribution in [-0.4, -0.2) is 22.4 Å². The molecule has 0 amide bonds. The second-order valence-electron chi connectivity index (χ2n) is 4.70. The standard InChI is InChI=1S/C13H15F2N3S/c14-10-6-9-12(7-11(10)15)16-8-13(9)17-19-18-4-2-1-3-5-18/h6-8,16-17H,1-5H2. The zero-order chi connectivity index (χ0) is 13.2. The molecule has 1 fully saturated rings. The maximum atomic E-state index is 13.3. The number of hydrogen-bond donors (Lipinski definition) is 2. The highest BCUT2D eigenvalue weighted by Gasteiger charge is 2.13. The van der Waals surface area contributed by atoms with Gasteiger partial charge in [0.05, 0.1) is 11.2 Å². The number of aromatic amines is 1. The van der Waals surface area contributed by atoms with Crippen LogP contribution in [0.5, 0.6) is 0 Å². The third-order valence-corrected chi connectivity index (χ3v) is 4.26. The number of aromatic nitrogens is 1. The Morgan fingerprint density at radius 3 is 2.63 bits per heavy atom. The molecular weight excluding hydrogens is 268 g/mol. The molecule has 1 aromatic carbocycles. The van der Waals surface area contributed by atoms with Gasteiger partial charge < -0.3 is 9.71 Å². The molecule has 0 radical (unpaired) electrons. The second-order valence-corrected chi connectivity index (χ2v) is 5.60. The lowest BCUT2D eigenvalue weighted by Gasteiger charge is -2.24. The molecule has 2 aromatic rings. The van der Waals surface area contributed by atoms with Gasteiger partial charge in [0, 0.05) is 42.9 Å². The maximum Gasteiger partial charge on any atom is 0.160 e. The average Bonchev–Trinajstić information content (AvgIpc) is 2.80. The first-order valence-electron chi connectivity index (χ1n) is 6.38. The molecule has 0 saturated carbocycles. The molecule has 1 aliphatic heterocycles. The summed E-state index contributed by atoms with van der Waals surface area (Å²) < 4.78 is 31.8. The number of fused-ring (bicyclic) bond motifs is 1. The molecule has 3 nitrogen and oxygen atoms in total. The molecule has 0 atom stereocenters. The van der Waals surface area contributed by atoms with Crippen molar-refractivity contribution < 1.29 is 8.78 Å². The van der Waals surface area contributed by atoms with E-state index in [1.54, 1.807) is 6.20 Å². The van der Waals surface area contributed by atoms with E-state index < -0.39 is 11.6 Å². The molecule has 0 bridgehead atoms. The first-order valence-corrected chi connectivity index (χ1v) is 7.15. The van der Waals surface area contributed by atoms with Crippen molar-refractivity contribution in [1.82, 2.24) is 9.29 Å². The highest BCUT2D eigenvalue weighted by molar-refractivity contribution is 7.98. The van der Waals surface area contributed by atoms with Crippen LogP contribution in [0.3, 0.4) is 0 Å². The Balaban J connectivity index is 1.75. The zero-order valence-corrected chi connectivity index (χ0v) is 11.2. The Bertz CT molecular complexity index is 579. The number of piperidine rings is 1. The van der Waals surface area contributed by atoms with Crippen molar-refractivity contribution in [3.05, 3.63) is 30.0 Å². The number of anilines is 1. The minimum absolute atomic E-state index is 0.598. The normalized spacial score (nSPS) is 16.9. The average molecular weight is 283 g/mol. The van der Waals surface area contributed by atoms with Crippen molar-refractivity contribution in [2.45, 2.75) is 19.3 Å². The van der Waals surface area contributed by atoms with E-state index in [-0.39, 0.29) is 0 Å². The zero-order valence-electron chi connectivity index (χ0n) is 10.4. The SMILES string of the molecule is Fc1cc2[nH]cc(NSN3CCCCC3)c2cc1F. The van der Waals surface area contributed by atoms with Crippen molar-refractivity contribution in [2.75, 3.05) is 17.8 Å². The summed E-state index contributed by atoms with van der Waals surface area (Å²) in [6, 6.07) is 2.40. The summed E-state index contributed by atoms with van der Waals surface area (Å²) in [5.74, 6) is -1.65. The first-order chi connectivity index (χ1) is 9.24. The number of hydrogen-bond acceptors (Lipinski definition) is 3. The highest BCUT2D eigenvalue weighted by atomic mass is 32.2. The van der Waals surface area contributed by atoms with Crippen molar-refractivity contribution in [2.24, 2.45) is 0 Å². The fraction of sp³-hybridized carbons (Fsp3) is 0.385. The van der Waals surface area contributed by atoms with Crippen LogP contribution in [-0.2, 0) is 0 Å². The van der Waals surface area contributed by atoms with E-state index in [4.69, 9.17) is 0 Å². The molecule has 0 unspecified atom stereocenters. The predicted molar refractivity (Wildman–Crippen MR) is 74.9 cm³/mol. The van der Waals surface area contributed by atoms with Gasteiger partial charge in [0.1, 0.15) is 0 Å². The van der Waals surface area contributed by atoms with Gasteiger partial charge in [-0.05, 0) is 18.9 Å². The summed E-state index contributed by atoms with van der Waals surface area (Å²) in [5.41, 5.74) is 1.38. The Labute approximate surface area is 114 Å². The van der Waals surface area contributed by atoms with Gasteiger partial charge >= 0.3 is 0 Å². The summed E-state index contributed by atoms with van der Waals surface area (Å²) in [5, 5.41) is 0.670. The van der Waals surface area contributed by atoms with Crippen LogP contribution >= 0.6 is 12.1 Å². The van der Waals surface area contributed by atoms with E-state index >= 15 is 0 Å². The lowest BCUT2D eigenvalue weighted by Crippen LogP contribution is -2.24. The Morgan fingerprint density at radius 2 is 1.84 bits per heavy atom. The number of nitrogens with one attached hydrogen (secondary N) is 2. The Kier molecular flexibility index (Phi) is 3.61. The predicted octanol–water partition coefficient (Wildman–Crippen LogP) is 3.91. The summed E-state index contributed by atoms with van der Waals surface area (Å²) in [6.07, 6.45) is 5.44. The van der Waals surface area contributed by atoms with E-state index in [0.29, 0.717) is 10.9 Å². The molecule has 102 valence electrons. The smallest absolute Gasteiger partial charge is 0.160 e. The van der Waals surface area contributed by atoms with Crippen LogP contribution in [0.15, 0.2) is 18.3 Å². The van der Waals surface area contributed by atoms with Crippen molar-refractivity contribution in [3.63, 3.8) is 0 Å². The van der Waals surface area contributed by atoms with Gasteiger partial charge in [-0.3, -0.25) is 0 Å². The fourth-order valence-electron chi connectivity index (χ4n) is 2.27. The van der Waals surface area contributed by atoms with E-state index in [1.807, 2.05) is 0 Å². The minimum atomic E-state index is -0.829. The highest BCUT2D eigenvalue weighted by Crippen LogP contribution is 2.28. The van der Waals surface area contributed by atoms with Gasteiger partial charge in [-0.15, -0.1) is 0 Å². The number of rotatable bonds is 3. The van der Waals surface area contributed by atoms with E-state index in [0.717, 1.165) is 18.8 Å². The van der Waals surface area contributed by atoms with Gasteiger partial charge in [0.25, 0.3) is 0 Å². The fourth-order valence-corrected chi connectivity index (χ4v) is 3.11. The lowest BCUT2D eigenvalue weighted by molar-refractivity contribution is 0.381. The van der Waals surface area contributed by atoms with Crippen LogP contribution in [0.1, 0.15) is 19.3 Å². The Morgan fingerprint density at radius 1 is 1.11 bits per heavy atom. The van der Waals surface area contributed by atoms with Crippen LogP contribution < -0.4 is 4.72 Å². The van der Waals surface area contributed by atoms with Crippen LogP contribution in [0.25, 0.3) is 10.9 Å². The number of halogens is 2. The van der Waals surface area contributed by atoms with Crippen molar-refractivity contribution in [1.29, 1.82) is 0 Å². The molecule has 0 aliphatic carbocycles. The summed E-state index contributed by atoms with van der Waals surface area (Å²) in [4.78, 5) is 2.94. The molecule has 3 rings (SSSR count). The van der Waals surface area contributed by atoms with Gasteiger partial charge in [0.15, 0.2) is 11.6 Å². The van der Waals surface area contributed by atoms with Gasteiger partial charge in [-0.2, -0.15) is 0 Å². The molecule has 0 spiro atoms. The largest absolute Gasteiger partial charge is 0.359 e. The lowest BCUT2D eigenvalue weighted by atomic mass is 10.2. The quantitative estimate of drug-likeness (QED) is 0.837. The second kappa shape index (κ2) is 5.38. The van der Waals surface area contributed by atoms with Gasteiger partial charge in [-0.25, -0.2) is 13.1 Å². The summed E-state index contributed by atoms with van der Waals surface area (Å²) in [6.45, 7) is 2.12. The third-order valence-electron chi connectivity index (χ3n) is 3.32. The van der Waals surface area contributed by atoms with Gasteiger partial charge in [0.2, 0.25) is 0 Å². The maximum absolute atomic E-state index is 13.3. The monoisotopic (exact) mass is 283 g/mol. The Hall–Kier alpha value is -1.27. The van der Waals surface area contributed by atoms with Crippen molar-refractivity contribution in [3.8, 4) is 0 Å². The van der Waals surface area contributed by atoms with Crippen molar-refractivity contribution >= 4 is 28.7 Å². The van der Waals surface area contributed by atoms with Gasteiger partial charge in [-0.1, -0.05) is 6.42 Å².